The first-order valence-electron chi connectivity index (χ1n) is 10.3. The van der Waals surface area contributed by atoms with Crippen LogP contribution in [0.15, 0.2) is 55.1 Å². The van der Waals surface area contributed by atoms with Crippen LogP contribution in [-0.2, 0) is 11.3 Å². The van der Waals surface area contributed by atoms with E-state index in [1.165, 1.54) is 11.3 Å². The molecule has 1 N–H and O–H groups in total. The van der Waals surface area contributed by atoms with Crippen LogP contribution in [0.5, 0.6) is 0 Å². The Morgan fingerprint density at radius 1 is 0.967 bits per heavy atom. The molecule has 0 radical (unpaired) electrons. The van der Waals surface area contributed by atoms with Gasteiger partial charge in [-0.3, -0.25) is 19.3 Å². The van der Waals surface area contributed by atoms with Crippen LogP contribution in [0.2, 0.25) is 0 Å². The quantitative estimate of drug-likeness (QED) is 0.834. The standard InChI is InChI=1S/C24H25N3O3/c1-17-20-10-3-4-11-21(20)24(30)27(17)16-22(28)25-15-18-8-7-9-19(14-18)23(29)26-12-5-2-6-13-26/h3-4,7-11,14H,1-2,5-6,12-13,15-16H2,(H,25,28). The summed E-state index contributed by atoms with van der Waals surface area (Å²) in [5.41, 5.74) is 3.36. The Bertz CT molecular complexity index is 973. The Morgan fingerprint density at radius 2 is 1.70 bits per heavy atom. The highest BCUT2D eigenvalue weighted by molar-refractivity contribution is 6.10. The molecule has 0 aliphatic carbocycles. The lowest BCUT2D eigenvalue weighted by Gasteiger charge is -2.26. The first-order valence-corrected chi connectivity index (χ1v) is 10.3. The van der Waals surface area contributed by atoms with E-state index in [9.17, 15) is 14.4 Å². The molecule has 2 heterocycles. The van der Waals surface area contributed by atoms with Crippen LogP contribution in [0.1, 0.15) is 51.1 Å². The van der Waals surface area contributed by atoms with Crippen LogP contribution in [0, 0.1) is 0 Å². The molecule has 0 aromatic heterocycles. The van der Waals surface area contributed by atoms with E-state index in [0.29, 0.717) is 23.4 Å². The van der Waals surface area contributed by atoms with Crippen molar-refractivity contribution < 1.29 is 14.4 Å². The van der Waals surface area contributed by atoms with Crippen LogP contribution in [0.25, 0.3) is 5.70 Å². The van der Waals surface area contributed by atoms with E-state index in [0.717, 1.165) is 37.1 Å². The van der Waals surface area contributed by atoms with Crippen molar-refractivity contribution in [1.29, 1.82) is 0 Å². The van der Waals surface area contributed by atoms with Crippen molar-refractivity contribution in [2.24, 2.45) is 0 Å². The number of benzene rings is 2. The van der Waals surface area contributed by atoms with E-state index >= 15 is 0 Å². The minimum atomic E-state index is -0.273. The fourth-order valence-corrected chi connectivity index (χ4v) is 4.00. The number of piperidine rings is 1. The second-order valence-electron chi connectivity index (χ2n) is 7.71. The number of carbonyl (C=O) groups excluding carboxylic acids is 3. The molecule has 3 amide bonds. The van der Waals surface area contributed by atoms with Gasteiger partial charge in [0.2, 0.25) is 5.91 Å². The first-order chi connectivity index (χ1) is 14.5. The summed E-state index contributed by atoms with van der Waals surface area (Å²) in [6, 6.07) is 14.6. The highest BCUT2D eigenvalue weighted by atomic mass is 16.2. The van der Waals surface area contributed by atoms with Gasteiger partial charge in [0.1, 0.15) is 6.54 Å². The third-order valence-corrected chi connectivity index (χ3v) is 5.65. The van der Waals surface area contributed by atoms with Gasteiger partial charge < -0.3 is 10.2 Å². The highest BCUT2D eigenvalue weighted by Crippen LogP contribution is 2.30. The lowest BCUT2D eigenvalue weighted by molar-refractivity contribution is -0.121. The number of rotatable bonds is 5. The maximum absolute atomic E-state index is 12.7. The molecule has 0 atom stereocenters. The van der Waals surface area contributed by atoms with Crippen LogP contribution in [0.3, 0.4) is 0 Å². The van der Waals surface area contributed by atoms with Gasteiger partial charge in [0, 0.05) is 42.0 Å². The maximum atomic E-state index is 12.7. The summed E-state index contributed by atoms with van der Waals surface area (Å²) >= 11 is 0. The molecule has 0 spiro atoms. The molecule has 4 rings (SSSR count). The number of hydrogen-bond donors (Lipinski definition) is 1. The number of amides is 3. The molecule has 0 unspecified atom stereocenters. The van der Waals surface area contributed by atoms with Crippen molar-refractivity contribution in [3.05, 3.63) is 77.4 Å². The maximum Gasteiger partial charge on any atom is 0.259 e. The predicted octanol–water partition coefficient (Wildman–Crippen LogP) is 3.06. The van der Waals surface area contributed by atoms with Gasteiger partial charge in [-0.25, -0.2) is 0 Å². The van der Waals surface area contributed by atoms with Gasteiger partial charge in [-0.15, -0.1) is 0 Å². The topological polar surface area (TPSA) is 69.7 Å². The van der Waals surface area contributed by atoms with Gasteiger partial charge in [-0.1, -0.05) is 36.9 Å². The monoisotopic (exact) mass is 403 g/mol. The fraction of sp³-hybridized carbons (Fsp3) is 0.292. The van der Waals surface area contributed by atoms with Crippen LogP contribution >= 0.6 is 0 Å². The third kappa shape index (κ3) is 3.99. The lowest BCUT2D eigenvalue weighted by Crippen LogP contribution is -2.37. The van der Waals surface area contributed by atoms with E-state index < -0.39 is 0 Å². The third-order valence-electron chi connectivity index (χ3n) is 5.65. The molecule has 6 heteroatoms. The van der Waals surface area contributed by atoms with Gasteiger partial charge in [0.15, 0.2) is 0 Å². The number of fused-ring (bicyclic) bond motifs is 1. The SMILES string of the molecule is C=C1c2ccccc2C(=O)N1CC(=O)NCc1cccc(C(=O)N2CCCCC2)c1. The summed E-state index contributed by atoms with van der Waals surface area (Å²) in [6.45, 7) is 5.77. The molecule has 1 saturated heterocycles. The molecule has 6 nitrogen and oxygen atoms in total. The van der Waals surface area contributed by atoms with Crippen LogP contribution in [-0.4, -0.2) is 47.2 Å². The van der Waals surface area contributed by atoms with Crippen molar-refractivity contribution in [2.75, 3.05) is 19.6 Å². The zero-order valence-corrected chi connectivity index (χ0v) is 16.9. The number of likely N-dealkylation sites (tertiary alicyclic amines) is 1. The summed E-state index contributed by atoms with van der Waals surface area (Å²) in [7, 11) is 0. The van der Waals surface area contributed by atoms with Gasteiger partial charge in [0.25, 0.3) is 11.8 Å². The zero-order valence-electron chi connectivity index (χ0n) is 16.9. The number of nitrogens with one attached hydrogen (secondary N) is 1. The van der Waals surface area contributed by atoms with E-state index in [-0.39, 0.29) is 24.3 Å². The summed E-state index contributed by atoms with van der Waals surface area (Å²) in [5, 5.41) is 2.84. The van der Waals surface area contributed by atoms with Crippen molar-refractivity contribution in [1.82, 2.24) is 15.1 Å². The Balaban J connectivity index is 1.35. The molecular formula is C24H25N3O3. The summed E-state index contributed by atoms with van der Waals surface area (Å²) in [4.78, 5) is 41.0. The minimum absolute atomic E-state index is 0.0413. The van der Waals surface area contributed by atoms with Crippen LogP contribution < -0.4 is 5.32 Å². The van der Waals surface area contributed by atoms with E-state index in [2.05, 4.69) is 11.9 Å². The Kier molecular flexibility index (Phi) is 5.65. The fourth-order valence-electron chi connectivity index (χ4n) is 4.00. The normalized spacial score (nSPS) is 15.9. The average Bonchev–Trinajstić information content (AvgIpc) is 3.03. The summed E-state index contributed by atoms with van der Waals surface area (Å²) in [6.07, 6.45) is 3.27. The molecule has 2 aliphatic rings. The molecule has 0 saturated carbocycles. The minimum Gasteiger partial charge on any atom is -0.350 e. The Hall–Kier alpha value is -3.41. The van der Waals surface area contributed by atoms with Gasteiger partial charge in [0.05, 0.1) is 0 Å². The second-order valence-corrected chi connectivity index (χ2v) is 7.71. The largest absolute Gasteiger partial charge is 0.350 e. The van der Waals surface area contributed by atoms with Gasteiger partial charge in [-0.2, -0.15) is 0 Å². The Labute approximate surface area is 176 Å². The van der Waals surface area contributed by atoms with E-state index in [4.69, 9.17) is 0 Å². The van der Waals surface area contributed by atoms with Crippen molar-refractivity contribution >= 4 is 23.4 Å². The molecule has 2 aromatic carbocycles. The first kappa shape index (κ1) is 19.9. The molecule has 2 aliphatic heterocycles. The molecule has 30 heavy (non-hydrogen) atoms. The number of nitrogens with zero attached hydrogens (tertiary/aromatic N) is 2. The zero-order chi connectivity index (χ0) is 21.1. The predicted molar refractivity (Wildman–Crippen MR) is 115 cm³/mol. The second kappa shape index (κ2) is 8.53. The number of hydrogen-bond acceptors (Lipinski definition) is 3. The molecule has 154 valence electrons. The smallest absolute Gasteiger partial charge is 0.259 e. The summed E-state index contributed by atoms with van der Waals surface area (Å²) < 4.78 is 0. The molecular weight excluding hydrogens is 378 g/mol. The van der Waals surface area contributed by atoms with Crippen molar-refractivity contribution in [3.8, 4) is 0 Å². The number of carbonyl (C=O) groups is 3. The molecule has 1 fully saturated rings. The van der Waals surface area contributed by atoms with Gasteiger partial charge >= 0.3 is 0 Å². The van der Waals surface area contributed by atoms with E-state index in [1.807, 2.05) is 41.3 Å². The lowest BCUT2D eigenvalue weighted by atomic mass is 10.1. The molecule has 2 aromatic rings. The van der Waals surface area contributed by atoms with Gasteiger partial charge in [-0.05, 0) is 43.0 Å². The van der Waals surface area contributed by atoms with Crippen molar-refractivity contribution in [3.63, 3.8) is 0 Å². The molecule has 0 bridgehead atoms. The van der Waals surface area contributed by atoms with Crippen molar-refractivity contribution in [2.45, 2.75) is 25.8 Å². The average molecular weight is 403 g/mol. The van der Waals surface area contributed by atoms with Crippen LogP contribution in [0.4, 0.5) is 0 Å². The summed E-state index contributed by atoms with van der Waals surface area (Å²) in [5.74, 6) is -0.440. The highest BCUT2D eigenvalue weighted by Gasteiger charge is 2.31. The van der Waals surface area contributed by atoms with E-state index in [1.54, 1.807) is 12.1 Å². The Morgan fingerprint density at radius 3 is 2.43 bits per heavy atom.